The third-order valence-corrected chi connectivity index (χ3v) is 2.07. The van der Waals surface area contributed by atoms with Crippen LogP contribution in [0.15, 0.2) is 6.33 Å². The minimum atomic E-state index is -0.415. The van der Waals surface area contributed by atoms with Gasteiger partial charge in [-0.15, -0.1) is 0 Å². The Bertz CT molecular complexity index is 322. The highest BCUT2D eigenvalue weighted by Gasteiger charge is 2.09. The van der Waals surface area contributed by atoms with Crippen LogP contribution in [0.25, 0.3) is 0 Å². The zero-order valence-electron chi connectivity index (χ0n) is 9.10. The normalized spacial score (nSPS) is 12.5. The van der Waals surface area contributed by atoms with Crippen molar-refractivity contribution in [2.75, 3.05) is 6.54 Å². The van der Waals surface area contributed by atoms with Crippen LogP contribution in [0.5, 0.6) is 0 Å². The van der Waals surface area contributed by atoms with Crippen LogP contribution >= 0.6 is 0 Å². The number of nitrogens with two attached hydrogens (primary N) is 1. The van der Waals surface area contributed by atoms with Gasteiger partial charge < -0.3 is 11.1 Å². The van der Waals surface area contributed by atoms with Crippen LogP contribution in [0.4, 0.5) is 0 Å². The van der Waals surface area contributed by atoms with Crippen molar-refractivity contribution in [3.63, 3.8) is 0 Å². The maximum Gasteiger partial charge on any atom is 0.236 e. The van der Waals surface area contributed by atoms with E-state index < -0.39 is 6.04 Å². The molecule has 1 rings (SSSR count). The first-order valence-electron chi connectivity index (χ1n) is 5.01. The second-order valence-corrected chi connectivity index (χ2v) is 3.39. The molecule has 0 saturated heterocycles. The van der Waals surface area contributed by atoms with E-state index in [1.807, 2.05) is 14.0 Å². The van der Waals surface area contributed by atoms with E-state index in [0.29, 0.717) is 19.4 Å². The summed E-state index contributed by atoms with van der Waals surface area (Å²) >= 11 is 0. The first-order chi connectivity index (χ1) is 7.13. The van der Waals surface area contributed by atoms with Crippen LogP contribution in [0, 0.1) is 0 Å². The third kappa shape index (κ3) is 3.67. The fourth-order valence-electron chi connectivity index (χ4n) is 1.11. The van der Waals surface area contributed by atoms with E-state index in [-0.39, 0.29) is 5.91 Å². The predicted octanol–water partition coefficient (Wildman–Crippen LogP) is -0.789. The number of nitrogens with zero attached hydrogens (tertiary/aromatic N) is 3. The van der Waals surface area contributed by atoms with E-state index in [9.17, 15) is 4.79 Å². The Labute approximate surface area is 88.9 Å². The highest BCUT2D eigenvalue weighted by atomic mass is 16.2. The fraction of sp³-hybridized carbons (Fsp3) is 0.667. The second kappa shape index (κ2) is 5.45. The Kier molecular flexibility index (Phi) is 4.23. The summed E-state index contributed by atoms with van der Waals surface area (Å²) in [5, 5.41) is 6.83. The maximum absolute atomic E-state index is 11.3. The lowest BCUT2D eigenvalue weighted by Gasteiger charge is -2.08. The fourth-order valence-corrected chi connectivity index (χ4v) is 1.11. The first-order valence-corrected chi connectivity index (χ1v) is 5.01. The first kappa shape index (κ1) is 11.6. The van der Waals surface area contributed by atoms with Gasteiger partial charge in [0.25, 0.3) is 0 Å². The zero-order valence-corrected chi connectivity index (χ0v) is 9.10. The van der Waals surface area contributed by atoms with Crippen molar-refractivity contribution in [3.8, 4) is 0 Å². The summed E-state index contributed by atoms with van der Waals surface area (Å²) < 4.78 is 1.63. The minimum Gasteiger partial charge on any atom is -0.354 e. The number of carbonyl (C=O) groups excluding carboxylic acids is 1. The molecular formula is C9H17N5O. The van der Waals surface area contributed by atoms with Gasteiger partial charge in [-0.1, -0.05) is 6.92 Å². The number of aryl methyl sites for hydroxylation is 1. The lowest BCUT2D eigenvalue weighted by Crippen LogP contribution is -2.40. The van der Waals surface area contributed by atoms with Gasteiger partial charge in [-0.3, -0.25) is 9.48 Å². The third-order valence-electron chi connectivity index (χ3n) is 2.07. The van der Waals surface area contributed by atoms with Crippen molar-refractivity contribution in [1.29, 1.82) is 0 Å². The number of rotatable bonds is 5. The Morgan fingerprint density at radius 1 is 1.73 bits per heavy atom. The van der Waals surface area contributed by atoms with Crippen molar-refractivity contribution >= 4 is 5.91 Å². The van der Waals surface area contributed by atoms with E-state index in [0.717, 1.165) is 5.82 Å². The summed E-state index contributed by atoms with van der Waals surface area (Å²) in [6.07, 6.45) is 2.91. The molecule has 1 atom stereocenters. The Hall–Kier alpha value is -1.43. The van der Waals surface area contributed by atoms with E-state index in [4.69, 9.17) is 5.73 Å². The second-order valence-electron chi connectivity index (χ2n) is 3.39. The van der Waals surface area contributed by atoms with Gasteiger partial charge in [0.1, 0.15) is 6.33 Å². The molecule has 0 aliphatic heterocycles. The van der Waals surface area contributed by atoms with Crippen molar-refractivity contribution in [2.24, 2.45) is 12.8 Å². The number of amides is 1. The van der Waals surface area contributed by atoms with E-state index >= 15 is 0 Å². The molecule has 0 unspecified atom stereocenters. The Morgan fingerprint density at radius 3 is 3.00 bits per heavy atom. The van der Waals surface area contributed by atoms with Crippen LogP contribution < -0.4 is 11.1 Å². The molecular weight excluding hydrogens is 194 g/mol. The predicted molar refractivity (Wildman–Crippen MR) is 56.0 cm³/mol. The summed E-state index contributed by atoms with van der Waals surface area (Å²) in [6, 6.07) is -0.415. The largest absolute Gasteiger partial charge is 0.354 e. The molecule has 0 aromatic carbocycles. The van der Waals surface area contributed by atoms with Crippen molar-refractivity contribution in [3.05, 3.63) is 12.2 Å². The molecule has 3 N–H and O–H groups in total. The Morgan fingerprint density at radius 2 is 2.47 bits per heavy atom. The van der Waals surface area contributed by atoms with Gasteiger partial charge >= 0.3 is 0 Å². The smallest absolute Gasteiger partial charge is 0.236 e. The molecule has 0 fully saturated rings. The molecule has 0 aliphatic rings. The quantitative estimate of drug-likeness (QED) is 0.668. The molecule has 0 radical (unpaired) electrons. The van der Waals surface area contributed by atoms with Crippen LogP contribution in [0.2, 0.25) is 0 Å². The Balaban J connectivity index is 2.24. The molecule has 0 aliphatic carbocycles. The summed E-state index contributed by atoms with van der Waals surface area (Å²) in [4.78, 5) is 15.3. The molecule has 0 spiro atoms. The van der Waals surface area contributed by atoms with E-state index in [1.54, 1.807) is 11.0 Å². The molecule has 84 valence electrons. The van der Waals surface area contributed by atoms with Crippen LogP contribution in [-0.2, 0) is 18.3 Å². The van der Waals surface area contributed by atoms with E-state index in [2.05, 4.69) is 15.4 Å². The van der Waals surface area contributed by atoms with Gasteiger partial charge in [0, 0.05) is 20.0 Å². The zero-order chi connectivity index (χ0) is 11.3. The number of carbonyl (C=O) groups is 1. The maximum atomic E-state index is 11.3. The topological polar surface area (TPSA) is 85.8 Å². The summed E-state index contributed by atoms with van der Waals surface area (Å²) in [5.74, 6) is 0.608. The van der Waals surface area contributed by atoms with Crippen LogP contribution in [-0.4, -0.2) is 33.3 Å². The monoisotopic (exact) mass is 211 g/mol. The van der Waals surface area contributed by atoms with Gasteiger partial charge in [0.2, 0.25) is 5.91 Å². The highest BCUT2D eigenvalue weighted by Crippen LogP contribution is 1.89. The van der Waals surface area contributed by atoms with Gasteiger partial charge in [-0.05, 0) is 6.42 Å². The average Bonchev–Trinajstić information content (AvgIpc) is 2.63. The lowest BCUT2D eigenvalue weighted by molar-refractivity contribution is -0.122. The van der Waals surface area contributed by atoms with Crippen molar-refractivity contribution in [2.45, 2.75) is 25.8 Å². The summed E-state index contributed by atoms with van der Waals surface area (Å²) in [5.41, 5.74) is 5.55. The molecule has 1 amide bonds. The molecule has 6 heteroatoms. The standard InChI is InChI=1S/C9H17N5O/c1-3-7(10)9(15)11-5-4-8-12-6-14(2)13-8/h6-7H,3-5,10H2,1-2H3,(H,11,15)/t7-/m1/s1. The summed E-state index contributed by atoms with van der Waals surface area (Å²) in [7, 11) is 1.81. The highest BCUT2D eigenvalue weighted by molar-refractivity contribution is 5.81. The SMILES string of the molecule is CC[C@@H](N)C(=O)NCCc1ncn(C)n1. The molecule has 0 saturated carbocycles. The minimum absolute atomic E-state index is 0.117. The van der Waals surface area contributed by atoms with Crippen molar-refractivity contribution < 1.29 is 4.79 Å². The van der Waals surface area contributed by atoms with Gasteiger partial charge in [0.05, 0.1) is 6.04 Å². The average molecular weight is 211 g/mol. The van der Waals surface area contributed by atoms with Gasteiger partial charge in [-0.2, -0.15) is 5.10 Å². The molecule has 1 aromatic heterocycles. The van der Waals surface area contributed by atoms with Gasteiger partial charge in [-0.25, -0.2) is 4.98 Å². The van der Waals surface area contributed by atoms with Crippen LogP contribution in [0.1, 0.15) is 19.2 Å². The number of aromatic nitrogens is 3. The molecule has 1 heterocycles. The van der Waals surface area contributed by atoms with Gasteiger partial charge in [0.15, 0.2) is 5.82 Å². The van der Waals surface area contributed by atoms with Crippen molar-refractivity contribution in [1.82, 2.24) is 20.1 Å². The van der Waals surface area contributed by atoms with E-state index in [1.165, 1.54) is 0 Å². The lowest BCUT2D eigenvalue weighted by atomic mass is 10.2. The molecule has 15 heavy (non-hydrogen) atoms. The van der Waals surface area contributed by atoms with Crippen LogP contribution in [0.3, 0.4) is 0 Å². The number of hydrogen-bond acceptors (Lipinski definition) is 4. The molecule has 0 bridgehead atoms. The molecule has 6 nitrogen and oxygen atoms in total. The molecule has 1 aromatic rings. The summed E-state index contributed by atoms with van der Waals surface area (Å²) in [6.45, 7) is 2.40. The number of nitrogens with one attached hydrogen (secondary N) is 1. The number of hydrogen-bond donors (Lipinski definition) is 2.